The Labute approximate surface area is 159 Å². The lowest BCUT2D eigenvalue weighted by atomic mass is 10.1. The highest BCUT2D eigenvalue weighted by Gasteiger charge is 2.35. The van der Waals surface area contributed by atoms with Crippen LogP contribution in [0.3, 0.4) is 0 Å². The summed E-state index contributed by atoms with van der Waals surface area (Å²) in [6.45, 7) is -0.225. The highest BCUT2D eigenvalue weighted by atomic mass is 32.1. The van der Waals surface area contributed by atoms with Crippen LogP contribution in [0.25, 0.3) is 0 Å². The third-order valence-electron chi connectivity index (χ3n) is 4.38. The van der Waals surface area contributed by atoms with E-state index in [2.05, 4.69) is 10.1 Å². The molecule has 0 radical (unpaired) electrons. The van der Waals surface area contributed by atoms with Crippen molar-refractivity contribution in [3.05, 3.63) is 51.7 Å². The molecule has 1 fully saturated rings. The molecule has 5 nitrogen and oxygen atoms in total. The molecule has 1 unspecified atom stereocenters. The fourth-order valence-corrected chi connectivity index (χ4v) is 3.98. The van der Waals surface area contributed by atoms with Gasteiger partial charge in [0.1, 0.15) is 11.8 Å². The summed E-state index contributed by atoms with van der Waals surface area (Å²) in [6, 6.07) is 9.18. The molecular formula is C19H20F2N2O3S. The van der Waals surface area contributed by atoms with Crippen molar-refractivity contribution in [2.75, 3.05) is 6.54 Å². The molecule has 1 atom stereocenters. The third kappa shape index (κ3) is 4.63. The van der Waals surface area contributed by atoms with Crippen LogP contribution in [0, 0.1) is 6.92 Å². The van der Waals surface area contributed by atoms with Crippen LogP contribution in [-0.4, -0.2) is 35.9 Å². The highest BCUT2D eigenvalue weighted by molar-refractivity contribution is 7.11. The predicted octanol–water partition coefficient (Wildman–Crippen LogP) is 3.58. The molecule has 1 saturated heterocycles. The number of hydrogen-bond acceptors (Lipinski definition) is 4. The zero-order valence-corrected chi connectivity index (χ0v) is 15.6. The van der Waals surface area contributed by atoms with E-state index in [9.17, 15) is 18.4 Å². The summed E-state index contributed by atoms with van der Waals surface area (Å²) in [5, 5.41) is 2.86. The van der Waals surface area contributed by atoms with Crippen LogP contribution >= 0.6 is 11.3 Å². The van der Waals surface area contributed by atoms with E-state index in [-0.39, 0.29) is 17.2 Å². The molecule has 1 aromatic carbocycles. The molecule has 0 aliphatic carbocycles. The maximum Gasteiger partial charge on any atom is 0.387 e. The first-order valence-electron chi connectivity index (χ1n) is 8.63. The smallest absolute Gasteiger partial charge is 0.387 e. The molecule has 2 amide bonds. The van der Waals surface area contributed by atoms with E-state index in [1.54, 1.807) is 17.4 Å². The molecule has 144 valence electrons. The van der Waals surface area contributed by atoms with E-state index < -0.39 is 18.6 Å². The van der Waals surface area contributed by atoms with Crippen molar-refractivity contribution in [1.29, 1.82) is 0 Å². The van der Waals surface area contributed by atoms with Crippen molar-refractivity contribution in [3.8, 4) is 5.75 Å². The number of aryl methyl sites for hydroxylation is 1. The summed E-state index contributed by atoms with van der Waals surface area (Å²) in [5.74, 6) is -0.896. The van der Waals surface area contributed by atoms with Gasteiger partial charge < -0.3 is 15.0 Å². The van der Waals surface area contributed by atoms with E-state index in [1.807, 2.05) is 19.1 Å². The van der Waals surface area contributed by atoms with Gasteiger partial charge in [-0.2, -0.15) is 8.78 Å². The van der Waals surface area contributed by atoms with Gasteiger partial charge in [0.2, 0.25) is 5.91 Å². The number of carbonyl (C=O) groups is 2. The van der Waals surface area contributed by atoms with Crippen LogP contribution in [0.15, 0.2) is 36.4 Å². The van der Waals surface area contributed by atoms with Gasteiger partial charge in [0, 0.05) is 16.3 Å². The molecule has 2 heterocycles. The Balaban J connectivity index is 1.70. The van der Waals surface area contributed by atoms with Crippen molar-refractivity contribution in [3.63, 3.8) is 0 Å². The largest absolute Gasteiger partial charge is 0.434 e. The summed E-state index contributed by atoms with van der Waals surface area (Å²) < 4.78 is 29.6. The fraction of sp³-hybridized carbons (Fsp3) is 0.368. The van der Waals surface area contributed by atoms with E-state index in [1.165, 1.54) is 23.1 Å². The maximum absolute atomic E-state index is 12.9. The molecule has 1 N–H and O–H groups in total. The molecule has 3 rings (SSSR count). The molecule has 8 heteroatoms. The summed E-state index contributed by atoms with van der Waals surface area (Å²) in [7, 11) is 0. The Bertz CT molecular complexity index is 825. The first kappa shape index (κ1) is 19.3. The number of alkyl halides is 2. The Morgan fingerprint density at radius 3 is 2.78 bits per heavy atom. The number of halogens is 2. The number of rotatable bonds is 6. The Kier molecular flexibility index (Phi) is 6.05. The van der Waals surface area contributed by atoms with Crippen LogP contribution in [0.1, 0.15) is 33.0 Å². The lowest BCUT2D eigenvalue weighted by Gasteiger charge is -2.24. The first-order chi connectivity index (χ1) is 13.0. The van der Waals surface area contributed by atoms with Crippen molar-refractivity contribution in [2.24, 2.45) is 0 Å². The topological polar surface area (TPSA) is 58.6 Å². The van der Waals surface area contributed by atoms with Gasteiger partial charge in [-0.1, -0.05) is 12.1 Å². The molecule has 0 saturated carbocycles. The number of carbonyl (C=O) groups excluding carboxylic acids is 2. The van der Waals surface area contributed by atoms with Gasteiger partial charge in [0.15, 0.2) is 0 Å². The standard InChI is InChI=1S/C19H20F2N2O3S/c1-12-8-9-13(27-12)11-22-17(24)15-6-4-10-23(15)18(25)14-5-2-3-7-16(14)26-19(20)21/h2-3,5,7-9,15,19H,4,6,10-11H2,1H3,(H,22,24). The lowest BCUT2D eigenvalue weighted by molar-refractivity contribution is -0.125. The second-order valence-electron chi connectivity index (χ2n) is 6.26. The molecule has 1 aliphatic heterocycles. The number of ether oxygens (including phenoxy) is 1. The number of hydrogen-bond donors (Lipinski definition) is 1. The van der Waals surface area contributed by atoms with Crippen molar-refractivity contribution in [2.45, 2.75) is 39.0 Å². The van der Waals surface area contributed by atoms with Crippen molar-refractivity contribution in [1.82, 2.24) is 10.2 Å². The van der Waals surface area contributed by atoms with Crippen LogP contribution in [0.4, 0.5) is 8.78 Å². The zero-order chi connectivity index (χ0) is 19.4. The number of nitrogens with zero attached hydrogens (tertiary/aromatic N) is 1. The minimum Gasteiger partial charge on any atom is -0.434 e. The van der Waals surface area contributed by atoms with Gasteiger partial charge in [-0.15, -0.1) is 11.3 Å². The minimum atomic E-state index is -3.02. The first-order valence-corrected chi connectivity index (χ1v) is 9.45. The van der Waals surface area contributed by atoms with E-state index >= 15 is 0 Å². The monoisotopic (exact) mass is 394 g/mol. The number of nitrogens with one attached hydrogen (secondary N) is 1. The maximum atomic E-state index is 12.9. The molecule has 1 aromatic heterocycles. The number of para-hydroxylation sites is 1. The molecule has 27 heavy (non-hydrogen) atoms. The molecule has 1 aliphatic rings. The van der Waals surface area contributed by atoms with E-state index in [0.29, 0.717) is 25.9 Å². The molecule has 0 spiro atoms. The predicted molar refractivity (Wildman–Crippen MR) is 98.0 cm³/mol. The zero-order valence-electron chi connectivity index (χ0n) is 14.8. The minimum absolute atomic E-state index is 0.0337. The second kappa shape index (κ2) is 8.47. The number of likely N-dealkylation sites (tertiary alicyclic amines) is 1. The molecular weight excluding hydrogens is 374 g/mol. The van der Waals surface area contributed by atoms with Crippen molar-refractivity contribution >= 4 is 23.2 Å². The number of benzene rings is 1. The van der Waals surface area contributed by atoms with Gasteiger partial charge >= 0.3 is 6.61 Å². The normalized spacial score (nSPS) is 16.6. The van der Waals surface area contributed by atoms with Crippen molar-refractivity contribution < 1.29 is 23.1 Å². The lowest BCUT2D eigenvalue weighted by Crippen LogP contribution is -2.45. The summed E-state index contributed by atoms with van der Waals surface area (Å²) >= 11 is 1.60. The van der Waals surface area contributed by atoms with Gasteiger partial charge in [0.05, 0.1) is 12.1 Å². The van der Waals surface area contributed by atoms with E-state index in [4.69, 9.17) is 0 Å². The fourth-order valence-electron chi connectivity index (χ4n) is 3.15. The average Bonchev–Trinajstić information content (AvgIpc) is 3.28. The molecule has 2 aromatic rings. The second-order valence-corrected chi connectivity index (χ2v) is 7.63. The third-order valence-corrected chi connectivity index (χ3v) is 5.38. The number of thiophene rings is 1. The SMILES string of the molecule is Cc1ccc(CNC(=O)C2CCCN2C(=O)c2ccccc2OC(F)F)s1. The summed E-state index contributed by atoms with van der Waals surface area (Å²) in [4.78, 5) is 29.1. The van der Waals surface area contributed by atoms with Crippen LogP contribution in [0.2, 0.25) is 0 Å². The van der Waals surface area contributed by atoms with Gasteiger partial charge in [-0.05, 0) is 44.0 Å². The van der Waals surface area contributed by atoms with Crippen LogP contribution < -0.4 is 10.1 Å². The van der Waals surface area contributed by atoms with Gasteiger partial charge in [-0.25, -0.2) is 0 Å². The quantitative estimate of drug-likeness (QED) is 0.815. The Hall–Kier alpha value is -2.48. The summed E-state index contributed by atoms with van der Waals surface area (Å²) in [6.07, 6.45) is 1.22. The molecule has 0 bridgehead atoms. The Morgan fingerprint density at radius 1 is 1.30 bits per heavy atom. The van der Waals surface area contributed by atoms with Crippen LogP contribution in [0.5, 0.6) is 5.75 Å². The Morgan fingerprint density at radius 2 is 2.07 bits per heavy atom. The number of amides is 2. The van der Waals surface area contributed by atoms with E-state index in [0.717, 1.165) is 9.75 Å². The van der Waals surface area contributed by atoms with Crippen LogP contribution in [-0.2, 0) is 11.3 Å². The van der Waals surface area contributed by atoms with Gasteiger partial charge in [0.25, 0.3) is 5.91 Å². The average molecular weight is 394 g/mol. The summed E-state index contributed by atoms with van der Waals surface area (Å²) in [5.41, 5.74) is 0.0337. The van der Waals surface area contributed by atoms with Gasteiger partial charge in [-0.3, -0.25) is 9.59 Å². The highest BCUT2D eigenvalue weighted by Crippen LogP contribution is 2.26.